The minimum absolute atomic E-state index is 0.0760. The third kappa shape index (κ3) is 3.83. The molecule has 2 aliphatic rings. The van der Waals surface area contributed by atoms with E-state index in [1.807, 2.05) is 0 Å². The van der Waals surface area contributed by atoms with E-state index in [9.17, 15) is 10.1 Å². The standard InChI is InChI=1S/C20H24N4OS2/c1-13-5-6-14-15(9-13)27-19-17(14)18(22-12-23-19)26-10-16(25)24-20(11-21)7-3-2-4-8-20/h12-13H,2-10H2,1H3,(H,24,25)/t13-/m0/s1. The second-order valence-electron chi connectivity index (χ2n) is 7.80. The molecule has 1 N–H and O–H groups in total. The van der Waals surface area contributed by atoms with Crippen molar-refractivity contribution < 1.29 is 4.79 Å². The maximum Gasteiger partial charge on any atom is 0.231 e. The predicted molar refractivity (Wildman–Crippen MR) is 109 cm³/mol. The van der Waals surface area contributed by atoms with Gasteiger partial charge >= 0.3 is 0 Å². The average Bonchev–Trinajstić information content (AvgIpc) is 3.05. The molecule has 0 unspecified atom stereocenters. The molecule has 7 heteroatoms. The van der Waals surface area contributed by atoms with E-state index in [4.69, 9.17) is 0 Å². The van der Waals surface area contributed by atoms with E-state index in [0.717, 1.165) is 66.1 Å². The van der Waals surface area contributed by atoms with Gasteiger partial charge in [-0.25, -0.2) is 9.97 Å². The van der Waals surface area contributed by atoms with Crippen molar-refractivity contribution in [3.63, 3.8) is 0 Å². The number of carbonyl (C=O) groups is 1. The molecule has 0 aromatic carbocycles. The first kappa shape index (κ1) is 18.7. The third-order valence-electron chi connectivity index (χ3n) is 5.70. The van der Waals surface area contributed by atoms with E-state index >= 15 is 0 Å². The maximum atomic E-state index is 12.5. The van der Waals surface area contributed by atoms with Crippen molar-refractivity contribution in [2.24, 2.45) is 5.92 Å². The van der Waals surface area contributed by atoms with Gasteiger partial charge in [0.15, 0.2) is 0 Å². The zero-order valence-electron chi connectivity index (χ0n) is 15.6. The Hall–Kier alpha value is -1.65. The van der Waals surface area contributed by atoms with Gasteiger partial charge in [-0.15, -0.1) is 11.3 Å². The molecule has 2 aliphatic carbocycles. The molecule has 0 radical (unpaired) electrons. The average molecular weight is 401 g/mol. The molecule has 142 valence electrons. The molecule has 0 bridgehead atoms. The summed E-state index contributed by atoms with van der Waals surface area (Å²) in [6.45, 7) is 2.30. The summed E-state index contributed by atoms with van der Waals surface area (Å²) in [7, 11) is 0. The maximum absolute atomic E-state index is 12.5. The van der Waals surface area contributed by atoms with Crippen LogP contribution in [-0.4, -0.2) is 27.2 Å². The highest BCUT2D eigenvalue weighted by atomic mass is 32.2. The van der Waals surface area contributed by atoms with Gasteiger partial charge in [-0.05, 0) is 43.6 Å². The van der Waals surface area contributed by atoms with Crippen molar-refractivity contribution in [1.29, 1.82) is 5.26 Å². The summed E-state index contributed by atoms with van der Waals surface area (Å²) in [6, 6.07) is 2.35. The van der Waals surface area contributed by atoms with E-state index in [-0.39, 0.29) is 11.7 Å². The SMILES string of the molecule is C[C@H]1CCc2c(sc3ncnc(SCC(=O)NC4(C#N)CCCCC4)c23)C1. The van der Waals surface area contributed by atoms with Gasteiger partial charge in [0.2, 0.25) is 5.91 Å². The van der Waals surface area contributed by atoms with Gasteiger partial charge in [0.25, 0.3) is 0 Å². The molecule has 2 aromatic rings. The summed E-state index contributed by atoms with van der Waals surface area (Å²) in [5.41, 5.74) is 0.714. The van der Waals surface area contributed by atoms with E-state index in [1.54, 1.807) is 17.7 Å². The molecule has 27 heavy (non-hydrogen) atoms. The zero-order valence-corrected chi connectivity index (χ0v) is 17.2. The van der Waals surface area contributed by atoms with Crippen LogP contribution in [0.25, 0.3) is 10.2 Å². The summed E-state index contributed by atoms with van der Waals surface area (Å²) in [6.07, 6.45) is 9.66. The molecule has 1 fully saturated rings. The number of nitrogens with zero attached hydrogens (tertiary/aromatic N) is 3. The van der Waals surface area contributed by atoms with Gasteiger partial charge in [-0.3, -0.25) is 4.79 Å². The Kier molecular flexibility index (Phi) is 5.38. The highest BCUT2D eigenvalue weighted by molar-refractivity contribution is 8.00. The second-order valence-corrected chi connectivity index (χ2v) is 9.85. The molecule has 2 heterocycles. The molecule has 4 rings (SSSR count). The predicted octanol–water partition coefficient (Wildman–Crippen LogP) is 4.25. The number of aromatic nitrogens is 2. The summed E-state index contributed by atoms with van der Waals surface area (Å²) >= 11 is 3.24. The number of fused-ring (bicyclic) bond motifs is 3. The fourth-order valence-electron chi connectivity index (χ4n) is 4.21. The Balaban J connectivity index is 1.49. The van der Waals surface area contributed by atoms with Crippen LogP contribution in [0.4, 0.5) is 0 Å². The molecule has 0 aliphatic heterocycles. The van der Waals surface area contributed by atoms with Crippen molar-refractivity contribution in [1.82, 2.24) is 15.3 Å². The third-order valence-corrected chi connectivity index (χ3v) is 7.85. The van der Waals surface area contributed by atoms with Crippen LogP contribution in [0.5, 0.6) is 0 Å². The zero-order chi connectivity index (χ0) is 18.9. The number of aryl methyl sites for hydroxylation is 1. The molecule has 2 aromatic heterocycles. The lowest BCUT2D eigenvalue weighted by molar-refractivity contribution is -0.120. The number of thioether (sulfide) groups is 1. The molecule has 1 saturated carbocycles. The Morgan fingerprint density at radius 1 is 1.41 bits per heavy atom. The Labute approximate surface area is 168 Å². The first-order valence-corrected chi connectivity index (χ1v) is 11.5. The lowest BCUT2D eigenvalue weighted by atomic mass is 9.83. The number of amides is 1. The van der Waals surface area contributed by atoms with Crippen LogP contribution < -0.4 is 5.32 Å². The normalized spacial score (nSPS) is 21.4. The van der Waals surface area contributed by atoms with Crippen LogP contribution >= 0.6 is 23.1 Å². The summed E-state index contributed by atoms with van der Waals surface area (Å²) < 4.78 is 0. The molecule has 1 atom stereocenters. The molecular weight excluding hydrogens is 376 g/mol. The smallest absolute Gasteiger partial charge is 0.231 e. The lowest BCUT2D eigenvalue weighted by Gasteiger charge is -2.31. The largest absolute Gasteiger partial charge is 0.337 e. The second kappa shape index (κ2) is 7.76. The van der Waals surface area contributed by atoms with E-state index in [2.05, 4.69) is 28.3 Å². The minimum Gasteiger partial charge on any atom is -0.337 e. The van der Waals surface area contributed by atoms with Gasteiger partial charge in [0.1, 0.15) is 21.7 Å². The van der Waals surface area contributed by atoms with Gasteiger partial charge < -0.3 is 5.32 Å². The highest BCUT2D eigenvalue weighted by Crippen LogP contribution is 2.40. The van der Waals surface area contributed by atoms with Gasteiger partial charge in [-0.1, -0.05) is 37.9 Å². The first-order valence-electron chi connectivity index (χ1n) is 9.70. The monoisotopic (exact) mass is 400 g/mol. The quantitative estimate of drug-likeness (QED) is 0.613. The van der Waals surface area contributed by atoms with E-state index < -0.39 is 5.54 Å². The Morgan fingerprint density at radius 3 is 3.00 bits per heavy atom. The van der Waals surface area contributed by atoms with Crippen molar-refractivity contribution in [2.75, 3.05) is 5.75 Å². The van der Waals surface area contributed by atoms with Gasteiger partial charge in [-0.2, -0.15) is 5.26 Å². The number of nitriles is 1. The summed E-state index contributed by atoms with van der Waals surface area (Å²) in [4.78, 5) is 23.9. The number of rotatable bonds is 4. The van der Waals surface area contributed by atoms with Crippen LogP contribution in [0, 0.1) is 17.2 Å². The highest BCUT2D eigenvalue weighted by Gasteiger charge is 2.33. The van der Waals surface area contributed by atoms with Gasteiger partial charge in [0, 0.05) is 10.3 Å². The lowest BCUT2D eigenvalue weighted by Crippen LogP contribution is -2.49. The minimum atomic E-state index is -0.672. The number of hydrogen-bond acceptors (Lipinski definition) is 6. The molecule has 1 amide bonds. The molecule has 0 spiro atoms. The van der Waals surface area contributed by atoms with Crippen molar-refractivity contribution in [3.05, 3.63) is 16.8 Å². The Morgan fingerprint density at radius 2 is 2.22 bits per heavy atom. The van der Waals surface area contributed by atoms with Crippen LogP contribution in [0.3, 0.4) is 0 Å². The van der Waals surface area contributed by atoms with E-state index in [1.165, 1.54) is 28.6 Å². The first-order chi connectivity index (χ1) is 13.1. The number of hydrogen-bond donors (Lipinski definition) is 1. The summed E-state index contributed by atoms with van der Waals surface area (Å²) in [5, 5.41) is 14.6. The van der Waals surface area contributed by atoms with E-state index in [0.29, 0.717) is 0 Å². The van der Waals surface area contributed by atoms with Crippen LogP contribution in [-0.2, 0) is 17.6 Å². The Bertz CT molecular complexity index is 895. The fraction of sp³-hybridized carbons (Fsp3) is 0.600. The number of thiophene rings is 1. The van der Waals surface area contributed by atoms with Crippen molar-refractivity contribution in [2.45, 2.75) is 68.9 Å². The molecule has 0 saturated heterocycles. The van der Waals surface area contributed by atoms with Gasteiger partial charge in [0.05, 0.1) is 11.8 Å². The number of carbonyl (C=O) groups excluding carboxylic acids is 1. The van der Waals surface area contributed by atoms with Crippen molar-refractivity contribution >= 4 is 39.2 Å². The molecule has 5 nitrogen and oxygen atoms in total. The topological polar surface area (TPSA) is 78.7 Å². The molecular formula is C20H24N4OS2. The summed E-state index contributed by atoms with van der Waals surface area (Å²) in [5.74, 6) is 0.933. The van der Waals surface area contributed by atoms with Crippen molar-refractivity contribution in [3.8, 4) is 6.07 Å². The fourth-order valence-corrected chi connectivity index (χ4v) is 6.45. The van der Waals surface area contributed by atoms with Crippen LogP contribution in [0.2, 0.25) is 0 Å². The van der Waals surface area contributed by atoms with Crippen LogP contribution in [0.1, 0.15) is 55.9 Å². The van der Waals surface area contributed by atoms with Crippen LogP contribution in [0.15, 0.2) is 11.4 Å². The number of nitrogens with one attached hydrogen (secondary N) is 1.